The van der Waals surface area contributed by atoms with Crippen molar-refractivity contribution in [2.45, 2.75) is 148 Å². The van der Waals surface area contributed by atoms with Crippen molar-refractivity contribution in [3.8, 4) is 16.2 Å². The predicted molar refractivity (Wildman–Crippen MR) is 366 cm³/mol. The standard InChI is InChI=1S/C70H98F3N15O9S/c1-46-61(98-45-80-46)47-8-9-48(35-77-63(93)54-32-50(89)37-88(54)64(94)62(66(2,3)4)81-65(95)70(73)10-11-70)55(31-47)97-40-60(92)76-20-28-96-29-27-84-23-14-68(41-84)15-24-85(42-68)38-58(90)75-19-7-18-74-56-34-57(79-44-78-56)86-25-16-69(17-26-86)43-87(39-59(91)82-69)53-33-51(71)49(30-52(53)72)36-83-21-12-67(5,6)13-22-83/h8-9,30-31,33-34,44-45,50,54,62,89H,7,10-29,32,35-43H2,1-6H3,(H,75,90)(H,76,92)(H,77,93)(H,81,95)(H,82,91)(H,74,78,79)/t50-,54+,62-,68-/m1/s1. The Labute approximate surface area is 576 Å². The number of aliphatic hydroxyl groups excluding tert-OH is 1. The summed E-state index contributed by atoms with van der Waals surface area (Å²) in [7, 11) is 0. The van der Waals surface area contributed by atoms with Gasteiger partial charge in [-0.2, -0.15) is 0 Å². The fourth-order valence-corrected chi connectivity index (χ4v) is 15.3. The molecule has 24 nitrogen and oxygen atoms in total. The van der Waals surface area contributed by atoms with Gasteiger partial charge in [0.2, 0.25) is 23.6 Å². The van der Waals surface area contributed by atoms with E-state index in [1.807, 2.05) is 19.1 Å². The number of nitrogens with zero attached hydrogens (tertiary/aromatic N) is 9. The molecule has 6 aliphatic heterocycles. The lowest BCUT2D eigenvalue weighted by molar-refractivity contribution is -0.145. The van der Waals surface area contributed by atoms with Gasteiger partial charge in [0, 0.05) is 108 Å². The number of aliphatic hydroxyl groups is 1. The maximum absolute atomic E-state index is 15.8. The topological polar surface area (TPSA) is 271 Å². The summed E-state index contributed by atoms with van der Waals surface area (Å²) in [5.41, 5.74) is 1.34. The number of piperazine rings is 1. The number of hydrogen-bond acceptors (Lipinski definition) is 19. The van der Waals surface area contributed by atoms with Gasteiger partial charge in [-0.3, -0.25) is 38.6 Å². The van der Waals surface area contributed by atoms with E-state index in [1.54, 1.807) is 43.3 Å². The SMILES string of the molecule is Cc1ncsc1-c1ccc(CNC(=O)[C@@H]2C[C@@H](O)CN2C(=O)[C@@H](NC(=O)C2(F)CC2)C(C)(C)C)c(OCC(=O)NCCOCCN2CC[C@@]3(CCN(CC(=O)NCCCNc4cc(N5CCC6(CC5)CN(c5cc(F)c(CN7CCC(C)(C)CC7)cc5F)CC(=O)N6)ncn4)C3)C2)c1. The van der Waals surface area contributed by atoms with Crippen molar-refractivity contribution in [3.05, 3.63) is 76.7 Å². The molecule has 1 aliphatic carbocycles. The molecule has 0 bridgehead atoms. The van der Waals surface area contributed by atoms with Crippen LogP contribution in [0.25, 0.3) is 10.4 Å². The van der Waals surface area contributed by atoms with Crippen molar-refractivity contribution in [2.75, 3.05) is 140 Å². The Morgan fingerprint density at radius 3 is 2.27 bits per heavy atom. The van der Waals surface area contributed by atoms with Gasteiger partial charge in [0.15, 0.2) is 12.3 Å². The number of hydrogen-bond donors (Lipinski definition) is 7. The van der Waals surface area contributed by atoms with E-state index in [1.165, 1.54) is 34.7 Å². The third-order valence-electron chi connectivity index (χ3n) is 20.7. The number of ether oxygens (including phenoxy) is 2. The molecule has 534 valence electrons. The Hall–Kier alpha value is -7.24. The number of carbonyl (C=O) groups is 6. The zero-order valence-electron chi connectivity index (χ0n) is 57.6. The molecule has 8 heterocycles. The van der Waals surface area contributed by atoms with Gasteiger partial charge < -0.3 is 66.1 Å². The van der Waals surface area contributed by atoms with Crippen molar-refractivity contribution < 1.29 is 56.5 Å². The molecule has 2 spiro atoms. The van der Waals surface area contributed by atoms with Gasteiger partial charge in [-0.1, -0.05) is 46.8 Å². The molecular weight excluding hydrogens is 1280 g/mol. The molecule has 2 aromatic heterocycles. The minimum absolute atomic E-state index is 0.00610. The van der Waals surface area contributed by atoms with Gasteiger partial charge in [0.1, 0.15) is 47.4 Å². The molecule has 4 atom stereocenters. The minimum Gasteiger partial charge on any atom is -0.483 e. The molecule has 7 N–H and O–H groups in total. The quantitative estimate of drug-likeness (QED) is 0.0390. The highest BCUT2D eigenvalue weighted by Crippen LogP contribution is 2.42. The second kappa shape index (κ2) is 30.7. The lowest BCUT2D eigenvalue weighted by Gasteiger charge is -2.48. The number of piperidine rings is 2. The second-order valence-corrected chi connectivity index (χ2v) is 30.9. The van der Waals surface area contributed by atoms with Crippen molar-refractivity contribution in [1.29, 1.82) is 0 Å². The monoisotopic (exact) mass is 1380 g/mol. The van der Waals surface area contributed by atoms with Crippen LogP contribution >= 0.6 is 11.3 Å². The highest BCUT2D eigenvalue weighted by Gasteiger charge is 2.54. The van der Waals surface area contributed by atoms with Crippen LogP contribution in [0.1, 0.15) is 116 Å². The third kappa shape index (κ3) is 18.2. The highest BCUT2D eigenvalue weighted by molar-refractivity contribution is 7.13. The summed E-state index contributed by atoms with van der Waals surface area (Å²) in [5, 5.41) is 28.7. The first-order chi connectivity index (χ1) is 46.7. The van der Waals surface area contributed by atoms with Gasteiger partial charge in [0.05, 0.1) is 59.7 Å². The lowest BCUT2D eigenvalue weighted by Crippen LogP contribution is -2.66. The Bertz CT molecular complexity index is 3520. The number of alkyl halides is 1. The zero-order chi connectivity index (χ0) is 69.6. The molecule has 28 heteroatoms. The van der Waals surface area contributed by atoms with Crippen LogP contribution in [0.2, 0.25) is 0 Å². The summed E-state index contributed by atoms with van der Waals surface area (Å²) in [6, 6.07) is 7.74. The predicted octanol–water partition coefficient (Wildman–Crippen LogP) is 4.92. The normalized spacial score (nSPS) is 22.6. The smallest absolute Gasteiger partial charge is 0.258 e. The van der Waals surface area contributed by atoms with Gasteiger partial charge in [-0.15, -0.1) is 11.3 Å². The number of amides is 6. The van der Waals surface area contributed by atoms with Crippen LogP contribution < -0.4 is 46.4 Å². The fourth-order valence-electron chi connectivity index (χ4n) is 14.5. The highest BCUT2D eigenvalue weighted by atomic mass is 32.1. The first-order valence-corrected chi connectivity index (χ1v) is 35.7. The Balaban J connectivity index is 0.552. The van der Waals surface area contributed by atoms with Crippen LogP contribution in [0, 0.1) is 34.8 Å². The van der Waals surface area contributed by atoms with Gasteiger partial charge in [-0.25, -0.2) is 28.1 Å². The van der Waals surface area contributed by atoms with E-state index in [2.05, 4.69) is 80.3 Å². The molecule has 2 aromatic carbocycles. The van der Waals surface area contributed by atoms with E-state index in [4.69, 9.17) is 9.47 Å². The average Bonchev–Trinajstić information content (AvgIpc) is 1.51. The lowest BCUT2D eigenvalue weighted by atomic mass is 9.82. The average molecular weight is 1380 g/mol. The Morgan fingerprint density at radius 2 is 1.53 bits per heavy atom. The summed E-state index contributed by atoms with van der Waals surface area (Å²) in [4.78, 5) is 106. The molecule has 1 saturated carbocycles. The molecular formula is C70H98F3N15O9S. The molecule has 11 rings (SSSR count). The molecule has 7 aliphatic rings. The van der Waals surface area contributed by atoms with Crippen molar-refractivity contribution in [2.24, 2.45) is 16.2 Å². The first-order valence-electron chi connectivity index (χ1n) is 34.8. The minimum atomic E-state index is -2.00. The number of anilines is 3. The van der Waals surface area contributed by atoms with Gasteiger partial charge in [0.25, 0.3) is 11.8 Å². The zero-order valence-corrected chi connectivity index (χ0v) is 58.4. The maximum atomic E-state index is 15.8. The summed E-state index contributed by atoms with van der Waals surface area (Å²) in [5.74, 6) is -1.76. The Kier molecular flexibility index (Phi) is 22.6. The van der Waals surface area contributed by atoms with E-state index >= 15 is 8.78 Å². The largest absolute Gasteiger partial charge is 0.483 e. The van der Waals surface area contributed by atoms with Crippen molar-refractivity contribution >= 4 is 64.1 Å². The van der Waals surface area contributed by atoms with E-state index in [-0.39, 0.29) is 86.3 Å². The summed E-state index contributed by atoms with van der Waals surface area (Å²) in [6.45, 7) is 21.5. The second-order valence-electron chi connectivity index (χ2n) is 30.1. The van der Waals surface area contributed by atoms with E-state index in [0.717, 1.165) is 93.4 Å². The van der Waals surface area contributed by atoms with Crippen LogP contribution in [0.15, 0.2) is 48.2 Å². The van der Waals surface area contributed by atoms with E-state index in [0.29, 0.717) is 101 Å². The fraction of sp³-hybridized carbons (Fsp3) is 0.643. The van der Waals surface area contributed by atoms with Crippen LogP contribution in [0.3, 0.4) is 0 Å². The van der Waals surface area contributed by atoms with Crippen LogP contribution in [-0.2, 0) is 46.6 Å². The number of carbonyl (C=O) groups excluding carboxylic acids is 6. The molecule has 4 aromatic rings. The molecule has 7 fully saturated rings. The molecule has 6 amide bonds. The molecule has 6 saturated heterocycles. The summed E-state index contributed by atoms with van der Waals surface area (Å²) in [6.07, 6.45) is 6.63. The van der Waals surface area contributed by atoms with Crippen LogP contribution in [0.5, 0.6) is 5.75 Å². The van der Waals surface area contributed by atoms with E-state index in [9.17, 15) is 38.3 Å². The maximum Gasteiger partial charge on any atom is 0.258 e. The number of benzene rings is 2. The number of thiazole rings is 1. The Morgan fingerprint density at radius 1 is 0.796 bits per heavy atom. The number of rotatable bonds is 27. The number of aryl methyl sites for hydroxylation is 1. The summed E-state index contributed by atoms with van der Waals surface area (Å²) >= 11 is 1.46. The third-order valence-corrected chi connectivity index (χ3v) is 21.7. The number of β-amino-alcohol motifs (C(OH)–C–C–N with tert-alkyl or cyclic N) is 1. The van der Waals surface area contributed by atoms with Gasteiger partial charge in [-0.05, 0) is 125 Å². The van der Waals surface area contributed by atoms with E-state index < -0.39 is 64.2 Å². The molecule has 0 radical (unpaired) electrons. The van der Waals surface area contributed by atoms with Crippen molar-refractivity contribution in [1.82, 2.24) is 61.1 Å². The molecule has 98 heavy (non-hydrogen) atoms. The first kappa shape index (κ1) is 72.0. The van der Waals surface area contributed by atoms with Crippen molar-refractivity contribution in [3.63, 3.8) is 0 Å². The number of likely N-dealkylation sites (tertiary alicyclic amines) is 4. The number of aromatic nitrogens is 3. The van der Waals surface area contributed by atoms with Crippen LogP contribution in [-0.4, -0.2) is 229 Å². The number of halogens is 3. The molecule has 0 unspecified atom stereocenters. The van der Waals surface area contributed by atoms with Gasteiger partial charge >= 0.3 is 0 Å². The van der Waals surface area contributed by atoms with Crippen LogP contribution in [0.4, 0.5) is 30.5 Å². The number of nitrogens with one attached hydrogen (secondary N) is 6. The summed E-state index contributed by atoms with van der Waals surface area (Å²) < 4.78 is 58.1.